The lowest BCUT2D eigenvalue weighted by Gasteiger charge is -2.45. The Labute approximate surface area is 194 Å². The Kier molecular flexibility index (Phi) is 8.96. The Morgan fingerprint density at radius 1 is 1.29 bits per heavy atom. The van der Waals surface area contributed by atoms with Gasteiger partial charge in [-0.05, 0) is 63.5 Å². The first-order valence-corrected chi connectivity index (χ1v) is 12.4. The predicted octanol–water partition coefficient (Wildman–Crippen LogP) is 5.93. The minimum Gasteiger partial charge on any atom is -0.481 e. The SMILES string of the molecule is O=C(O)CCC/C=C\CC1=CC[C@@H](O)[C@@H]1/C=C/CC(O)C1(Cc2ccc(Cl)s2)CCC1. The Morgan fingerprint density at radius 3 is 2.74 bits per heavy atom. The number of allylic oxidation sites excluding steroid dienone is 2. The van der Waals surface area contributed by atoms with Gasteiger partial charge in [-0.15, -0.1) is 11.3 Å². The van der Waals surface area contributed by atoms with Crippen LogP contribution < -0.4 is 0 Å². The largest absolute Gasteiger partial charge is 0.481 e. The van der Waals surface area contributed by atoms with E-state index < -0.39 is 18.2 Å². The number of hydrogen-bond acceptors (Lipinski definition) is 4. The van der Waals surface area contributed by atoms with Crippen molar-refractivity contribution in [3.05, 3.63) is 57.3 Å². The first kappa shape index (κ1) is 24.2. The highest BCUT2D eigenvalue weighted by Gasteiger charge is 2.43. The maximum atomic E-state index is 10.9. The molecule has 0 aromatic carbocycles. The molecule has 6 heteroatoms. The average molecular weight is 465 g/mol. The lowest BCUT2D eigenvalue weighted by atomic mass is 9.62. The molecule has 31 heavy (non-hydrogen) atoms. The van der Waals surface area contributed by atoms with Gasteiger partial charge in [-0.3, -0.25) is 4.79 Å². The first-order chi connectivity index (χ1) is 14.9. The topological polar surface area (TPSA) is 77.8 Å². The van der Waals surface area contributed by atoms with E-state index in [1.807, 2.05) is 18.2 Å². The molecule has 1 aromatic heterocycles. The van der Waals surface area contributed by atoms with Crippen LogP contribution in [0, 0.1) is 11.3 Å². The molecule has 3 atom stereocenters. The summed E-state index contributed by atoms with van der Waals surface area (Å²) in [4.78, 5) is 11.8. The van der Waals surface area contributed by atoms with Gasteiger partial charge in [0.15, 0.2) is 0 Å². The van der Waals surface area contributed by atoms with Crippen molar-refractivity contribution >= 4 is 28.9 Å². The monoisotopic (exact) mass is 464 g/mol. The van der Waals surface area contributed by atoms with Gasteiger partial charge >= 0.3 is 5.97 Å². The maximum absolute atomic E-state index is 10.9. The number of carboxylic acid groups (broad SMARTS) is 1. The molecule has 0 bridgehead atoms. The van der Waals surface area contributed by atoms with Crippen LogP contribution in [0.5, 0.6) is 0 Å². The van der Waals surface area contributed by atoms with Gasteiger partial charge < -0.3 is 15.3 Å². The molecule has 3 N–H and O–H groups in total. The van der Waals surface area contributed by atoms with Gasteiger partial charge in [-0.25, -0.2) is 0 Å². The van der Waals surface area contributed by atoms with Crippen molar-refractivity contribution in [2.24, 2.45) is 11.3 Å². The quantitative estimate of drug-likeness (QED) is 0.264. The third-order valence-corrected chi connectivity index (χ3v) is 7.89. The van der Waals surface area contributed by atoms with Crippen molar-refractivity contribution in [3.63, 3.8) is 0 Å². The van der Waals surface area contributed by atoms with Crippen molar-refractivity contribution in [3.8, 4) is 0 Å². The van der Waals surface area contributed by atoms with Crippen molar-refractivity contribution in [1.82, 2.24) is 0 Å². The van der Waals surface area contributed by atoms with Crippen molar-refractivity contribution in [1.29, 1.82) is 0 Å². The molecule has 0 aliphatic heterocycles. The van der Waals surface area contributed by atoms with Crippen LogP contribution in [0.3, 0.4) is 0 Å². The van der Waals surface area contributed by atoms with E-state index >= 15 is 0 Å². The van der Waals surface area contributed by atoms with Gasteiger partial charge in [0.25, 0.3) is 0 Å². The second kappa shape index (κ2) is 11.5. The second-order valence-corrected chi connectivity index (χ2v) is 10.6. The second-order valence-electron chi connectivity index (χ2n) is 8.85. The van der Waals surface area contributed by atoms with Gasteiger partial charge in [0, 0.05) is 22.6 Å². The summed E-state index contributed by atoms with van der Waals surface area (Å²) in [7, 11) is 0. The molecule has 2 aliphatic carbocycles. The van der Waals surface area contributed by atoms with E-state index in [2.05, 4.69) is 24.3 Å². The van der Waals surface area contributed by atoms with Crippen LogP contribution in [0.1, 0.15) is 62.7 Å². The number of thiophene rings is 1. The highest BCUT2D eigenvalue weighted by Crippen LogP contribution is 2.48. The molecule has 170 valence electrons. The summed E-state index contributed by atoms with van der Waals surface area (Å²) in [5.41, 5.74) is 1.14. The fourth-order valence-corrected chi connectivity index (χ4v) is 5.88. The molecule has 1 fully saturated rings. The number of rotatable bonds is 12. The zero-order valence-corrected chi connectivity index (χ0v) is 19.5. The molecule has 0 radical (unpaired) electrons. The van der Waals surface area contributed by atoms with E-state index in [9.17, 15) is 15.0 Å². The summed E-state index contributed by atoms with van der Waals surface area (Å²) < 4.78 is 0.796. The molecule has 0 amide bonds. The normalized spacial score (nSPS) is 23.9. The molecule has 4 nitrogen and oxygen atoms in total. The number of carbonyl (C=O) groups is 1. The van der Waals surface area contributed by atoms with E-state index in [1.54, 1.807) is 11.3 Å². The zero-order chi connectivity index (χ0) is 22.3. The van der Waals surface area contributed by atoms with Crippen LogP contribution in [-0.2, 0) is 11.2 Å². The Morgan fingerprint density at radius 2 is 2.10 bits per heavy atom. The van der Waals surface area contributed by atoms with E-state index in [1.165, 1.54) is 10.5 Å². The van der Waals surface area contributed by atoms with Crippen LogP contribution in [-0.4, -0.2) is 33.5 Å². The van der Waals surface area contributed by atoms with E-state index in [4.69, 9.17) is 16.7 Å². The number of carboxylic acids is 1. The number of unbranched alkanes of at least 4 members (excludes halogenated alkanes) is 1. The van der Waals surface area contributed by atoms with E-state index in [0.717, 1.165) is 42.9 Å². The summed E-state index contributed by atoms with van der Waals surface area (Å²) in [6, 6.07) is 3.99. The average Bonchev–Trinajstić information content (AvgIpc) is 3.26. The summed E-state index contributed by atoms with van der Waals surface area (Å²) in [6.45, 7) is 0. The summed E-state index contributed by atoms with van der Waals surface area (Å²) in [5, 5.41) is 30.0. The van der Waals surface area contributed by atoms with Gasteiger partial charge in [0.1, 0.15) is 0 Å². The molecule has 0 saturated heterocycles. The van der Waals surface area contributed by atoms with Crippen LogP contribution >= 0.6 is 22.9 Å². The molecular formula is C25H33ClO4S. The standard InChI is InChI=1S/C25H33ClO4S/c26-23-14-12-19(31-23)17-25(15-6-16-25)22(28)9-5-8-20-18(11-13-21(20)27)7-3-1-2-4-10-24(29)30/h1,3,5,8,11-12,14,20-22,27-28H,2,4,6-7,9-10,13,15-17H2,(H,29,30)/b3-1-,8-5+/t20-,21-,22?/m1/s1. The van der Waals surface area contributed by atoms with Crippen LogP contribution in [0.4, 0.5) is 0 Å². The molecule has 1 unspecified atom stereocenters. The van der Waals surface area contributed by atoms with Crippen molar-refractivity contribution < 1.29 is 20.1 Å². The van der Waals surface area contributed by atoms with Gasteiger partial charge in [0.2, 0.25) is 0 Å². The third-order valence-electron chi connectivity index (χ3n) is 6.66. The Balaban J connectivity index is 1.49. The molecule has 3 rings (SSSR count). The minimum absolute atomic E-state index is 0.00990. The minimum atomic E-state index is -0.759. The lowest BCUT2D eigenvalue weighted by molar-refractivity contribution is -0.137. The molecule has 1 heterocycles. The van der Waals surface area contributed by atoms with Gasteiger partial charge in [0.05, 0.1) is 16.5 Å². The third kappa shape index (κ3) is 6.79. The number of aliphatic hydroxyl groups excluding tert-OH is 2. The fourth-order valence-electron chi connectivity index (χ4n) is 4.64. The maximum Gasteiger partial charge on any atom is 0.303 e. The van der Waals surface area contributed by atoms with Crippen molar-refractivity contribution in [2.45, 2.75) is 76.4 Å². The summed E-state index contributed by atoms with van der Waals surface area (Å²) in [6.07, 6.45) is 17.2. The Hall–Kier alpha value is -1.40. The fraction of sp³-hybridized carbons (Fsp3) is 0.560. The number of aliphatic hydroxyl groups is 2. The number of hydrogen-bond donors (Lipinski definition) is 3. The van der Waals surface area contributed by atoms with Crippen LogP contribution in [0.2, 0.25) is 4.34 Å². The summed E-state index contributed by atoms with van der Waals surface area (Å²) >= 11 is 7.67. The number of aliphatic carboxylic acids is 1. The highest BCUT2D eigenvalue weighted by atomic mass is 35.5. The van der Waals surface area contributed by atoms with E-state index in [-0.39, 0.29) is 17.8 Å². The smallest absolute Gasteiger partial charge is 0.303 e. The van der Waals surface area contributed by atoms with Crippen LogP contribution in [0.25, 0.3) is 0 Å². The molecule has 0 spiro atoms. The lowest BCUT2D eigenvalue weighted by Crippen LogP contribution is -2.42. The van der Waals surface area contributed by atoms with Gasteiger partial charge in [-0.1, -0.05) is 54.0 Å². The molecular weight excluding hydrogens is 432 g/mol. The van der Waals surface area contributed by atoms with Crippen molar-refractivity contribution in [2.75, 3.05) is 0 Å². The molecule has 1 saturated carbocycles. The first-order valence-electron chi connectivity index (χ1n) is 11.2. The predicted molar refractivity (Wildman–Crippen MR) is 127 cm³/mol. The summed E-state index contributed by atoms with van der Waals surface area (Å²) in [5.74, 6) is -0.769. The van der Waals surface area contributed by atoms with Gasteiger partial charge in [-0.2, -0.15) is 0 Å². The highest BCUT2D eigenvalue weighted by molar-refractivity contribution is 7.16. The van der Waals surface area contributed by atoms with Crippen LogP contribution in [0.15, 0.2) is 48.1 Å². The van der Waals surface area contributed by atoms with E-state index in [0.29, 0.717) is 19.3 Å². The zero-order valence-electron chi connectivity index (χ0n) is 17.9. The number of halogens is 1. The molecule has 2 aliphatic rings. The molecule has 1 aromatic rings. The Bertz CT molecular complexity index is 821.